The van der Waals surface area contributed by atoms with E-state index in [1.165, 1.54) is 12.1 Å². The van der Waals surface area contributed by atoms with Crippen LogP contribution in [0.3, 0.4) is 0 Å². The lowest BCUT2D eigenvalue weighted by Gasteiger charge is -2.16. The predicted octanol–water partition coefficient (Wildman–Crippen LogP) is 1.25. The first-order valence-corrected chi connectivity index (χ1v) is 8.29. The molecule has 2 rings (SSSR count). The minimum atomic E-state index is -0.301. The van der Waals surface area contributed by atoms with E-state index in [0.717, 1.165) is 11.1 Å². The second-order valence-electron chi connectivity index (χ2n) is 5.24. The Bertz CT molecular complexity index is 656. The number of carbonyl (C=O) groups excluding carboxylic acids is 2. The number of hydrogen-bond donors (Lipinski definition) is 4. The van der Waals surface area contributed by atoms with Gasteiger partial charge in [0.05, 0.1) is 0 Å². The molecule has 0 radical (unpaired) electrons. The second kappa shape index (κ2) is 9.12. The molecule has 0 atom stereocenters. The molecule has 1 aromatic rings. The van der Waals surface area contributed by atoms with Crippen LogP contribution in [0.15, 0.2) is 42.1 Å². The van der Waals surface area contributed by atoms with E-state index in [4.69, 9.17) is 0 Å². The second-order valence-corrected chi connectivity index (χ2v) is 5.68. The molecule has 0 aromatic heterocycles. The highest BCUT2D eigenvalue weighted by molar-refractivity contribution is 7.80. The van der Waals surface area contributed by atoms with Crippen molar-refractivity contribution in [3.8, 4) is 0 Å². The number of hydrogen-bond acceptors (Lipinski definition) is 4. The maximum absolute atomic E-state index is 13.0. The molecule has 0 saturated heterocycles. The van der Waals surface area contributed by atoms with Crippen molar-refractivity contribution in [3.05, 3.63) is 53.5 Å². The molecule has 0 unspecified atom stereocenters. The Morgan fingerprint density at radius 3 is 2.58 bits per heavy atom. The van der Waals surface area contributed by atoms with Gasteiger partial charge in [0.2, 0.25) is 11.8 Å². The van der Waals surface area contributed by atoms with Crippen LogP contribution in [-0.4, -0.2) is 37.2 Å². The van der Waals surface area contributed by atoms with Crippen molar-refractivity contribution in [2.75, 3.05) is 25.4 Å². The number of rotatable bonds is 7. The van der Waals surface area contributed by atoms with Crippen LogP contribution in [0.1, 0.15) is 12.0 Å². The van der Waals surface area contributed by atoms with E-state index < -0.39 is 0 Å². The number of halogens is 1. The average Bonchev–Trinajstić information content (AvgIpc) is 2.59. The summed E-state index contributed by atoms with van der Waals surface area (Å²) >= 11 is 3.98. The normalized spacial score (nSPS) is 13.4. The first-order chi connectivity index (χ1) is 11.6. The van der Waals surface area contributed by atoms with Crippen LogP contribution in [0.4, 0.5) is 4.39 Å². The largest absolute Gasteiger partial charge is 0.386 e. The highest BCUT2D eigenvalue weighted by Crippen LogP contribution is 2.19. The fourth-order valence-electron chi connectivity index (χ4n) is 2.19. The van der Waals surface area contributed by atoms with E-state index >= 15 is 0 Å². The van der Waals surface area contributed by atoms with Gasteiger partial charge in [0.1, 0.15) is 5.82 Å². The number of allylic oxidation sites excluding steroid dienone is 2. The van der Waals surface area contributed by atoms with Crippen molar-refractivity contribution in [3.63, 3.8) is 0 Å². The summed E-state index contributed by atoms with van der Waals surface area (Å²) in [5.74, 6) is -0.0853. The van der Waals surface area contributed by atoms with Crippen molar-refractivity contribution in [1.29, 1.82) is 0 Å². The Hall–Kier alpha value is -2.28. The number of amides is 2. The van der Waals surface area contributed by atoms with Crippen LogP contribution in [0.5, 0.6) is 0 Å². The van der Waals surface area contributed by atoms with Gasteiger partial charge in [-0.1, -0.05) is 12.1 Å². The Morgan fingerprint density at radius 1 is 1.17 bits per heavy atom. The third-order valence-corrected chi connectivity index (χ3v) is 3.64. The van der Waals surface area contributed by atoms with Crippen LogP contribution in [0.25, 0.3) is 5.57 Å². The molecule has 0 saturated carbocycles. The van der Waals surface area contributed by atoms with Crippen LogP contribution < -0.4 is 16.0 Å². The smallest absolute Gasteiger partial charge is 0.249 e. The quantitative estimate of drug-likeness (QED) is 0.442. The molecule has 0 fully saturated rings. The summed E-state index contributed by atoms with van der Waals surface area (Å²) in [4.78, 5) is 23.5. The van der Waals surface area contributed by atoms with E-state index in [9.17, 15) is 14.0 Å². The van der Waals surface area contributed by atoms with Crippen LogP contribution in [0, 0.1) is 5.82 Å². The van der Waals surface area contributed by atoms with Gasteiger partial charge in [-0.15, -0.1) is 0 Å². The van der Waals surface area contributed by atoms with Gasteiger partial charge in [-0.3, -0.25) is 9.59 Å². The van der Waals surface area contributed by atoms with Gasteiger partial charge in [0.15, 0.2) is 0 Å². The van der Waals surface area contributed by atoms with Crippen LogP contribution in [-0.2, 0) is 9.59 Å². The Labute approximate surface area is 145 Å². The summed E-state index contributed by atoms with van der Waals surface area (Å²) in [7, 11) is 0. The van der Waals surface area contributed by atoms with Crippen molar-refractivity contribution >= 4 is 30.0 Å². The molecule has 7 heteroatoms. The molecule has 1 aliphatic rings. The molecular weight excluding hydrogens is 329 g/mol. The molecule has 3 N–H and O–H groups in total. The third-order valence-electron chi connectivity index (χ3n) is 3.42. The topological polar surface area (TPSA) is 70.2 Å². The monoisotopic (exact) mass is 349 g/mol. The van der Waals surface area contributed by atoms with Crippen LogP contribution >= 0.6 is 12.6 Å². The van der Waals surface area contributed by atoms with Crippen LogP contribution in [0.2, 0.25) is 0 Å². The molecule has 128 valence electrons. The molecule has 24 heavy (non-hydrogen) atoms. The van der Waals surface area contributed by atoms with Gasteiger partial charge in [-0.25, -0.2) is 4.39 Å². The van der Waals surface area contributed by atoms with Gasteiger partial charge < -0.3 is 16.0 Å². The van der Waals surface area contributed by atoms with Gasteiger partial charge in [0, 0.05) is 37.8 Å². The van der Waals surface area contributed by atoms with Gasteiger partial charge in [-0.2, -0.15) is 12.6 Å². The third kappa shape index (κ3) is 5.42. The minimum Gasteiger partial charge on any atom is -0.386 e. The molecular formula is C17H20FN3O2S. The molecule has 2 amide bonds. The summed E-state index contributed by atoms with van der Waals surface area (Å²) in [6.45, 7) is 1.15. The molecule has 1 aliphatic heterocycles. The first kappa shape index (κ1) is 18.1. The molecule has 0 bridgehead atoms. The Balaban J connectivity index is 1.87. The van der Waals surface area contributed by atoms with Gasteiger partial charge >= 0.3 is 0 Å². The molecule has 1 aromatic carbocycles. The maximum Gasteiger partial charge on any atom is 0.249 e. The average molecular weight is 349 g/mol. The van der Waals surface area contributed by atoms with Gasteiger partial charge in [0.25, 0.3) is 0 Å². The zero-order valence-corrected chi connectivity index (χ0v) is 14.0. The Kier molecular flexibility index (Phi) is 6.87. The number of nitrogens with one attached hydrogen (secondary N) is 3. The number of benzene rings is 1. The number of dihydropyridines is 1. The molecule has 5 nitrogen and oxygen atoms in total. The lowest BCUT2D eigenvalue weighted by atomic mass is 10.0. The van der Waals surface area contributed by atoms with E-state index in [1.54, 1.807) is 24.4 Å². The predicted molar refractivity (Wildman–Crippen MR) is 95.0 cm³/mol. The van der Waals surface area contributed by atoms with E-state index in [0.29, 0.717) is 37.4 Å². The summed E-state index contributed by atoms with van der Waals surface area (Å²) in [5.41, 5.74) is 2.22. The summed E-state index contributed by atoms with van der Waals surface area (Å²) in [6, 6.07) is 6.09. The molecule has 1 heterocycles. The highest BCUT2D eigenvalue weighted by Gasteiger charge is 2.13. The lowest BCUT2D eigenvalue weighted by molar-refractivity contribution is -0.121. The fourth-order valence-corrected chi connectivity index (χ4v) is 2.39. The van der Waals surface area contributed by atoms with Crippen molar-refractivity contribution in [1.82, 2.24) is 16.0 Å². The van der Waals surface area contributed by atoms with Crippen molar-refractivity contribution in [2.45, 2.75) is 6.42 Å². The highest BCUT2D eigenvalue weighted by atomic mass is 32.1. The fraction of sp³-hybridized carbons (Fsp3) is 0.294. The minimum absolute atomic E-state index is 0.0840. The van der Waals surface area contributed by atoms with E-state index in [-0.39, 0.29) is 17.6 Å². The number of thiol groups is 1. The van der Waals surface area contributed by atoms with Crippen molar-refractivity contribution in [2.24, 2.45) is 0 Å². The molecule has 0 spiro atoms. The first-order valence-electron chi connectivity index (χ1n) is 7.66. The standard InChI is InChI=1S/C17H20FN3O2S/c18-15-3-1-12(2-4-15)13-9-14(11-19-10-13)17(23)21-7-6-20-16(22)5-8-24/h1-4,9-10,19,24H,5-8,11H2,(H,20,22)(H,21,23). The molecule has 0 aliphatic carbocycles. The van der Waals surface area contributed by atoms with Crippen molar-refractivity contribution < 1.29 is 14.0 Å². The van der Waals surface area contributed by atoms with Gasteiger partial charge in [-0.05, 0) is 35.1 Å². The zero-order valence-electron chi connectivity index (χ0n) is 13.1. The number of carbonyl (C=O) groups is 2. The maximum atomic E-state index is 13.0. The van der Waals surface area contributed by atoms with E-state index in [2.05, 4.69) is 28.6 Å². The van der Waals surface area contributed by atoms with E-state index in [1.807, 2.05) is 0 Å². The summed E-state index contributed by atoms with van der Waals surface area (Å²) in [5, 5.41) is 8.50. The zero-order chi connectivity index (χ0) is 17.4. The lowest BCUT2D eigenvalue weighted by Crippen LogP contribution is -2.37. The summed E-state index contributed by atoms with van der Waals surface area (Å²) < 4.78 is 13.0. The Morgan fingerprint density at radius 2 is 1.88 bits per heavy atom. The SMILES string of the molecule is O=C(CCS)NCCNC(=O)C1=CC(c2ccc(F)cc2)=CNC1. The summed E-state index contributed by atoms with van der Waals surface area (Å²) in [6.07, 6.45) is 3.93.